The van der Waals surface area contributed by atoms with E-state index >= 15 is 0 Å². The summed E-state index contributed by atoms with van der Waals surface area (Å²) in [6.45, 7) is 6.90. The van der Waals surface area contributed by atoms with Gasteiger partial charge >= 0.3 is 12.1 Å². The third-order valence-electron chi connectivity index (χ3n) is 6.36. The molecule has 180 valence electrons. The molecule has 3 aliphatic heterocycles. The second-order valence-electron chi connectivity index (χ2n) is 8.50. The maximum atomic E-state index is 12.7. The Morgan fingerprint density at radius 1 is 1.12 bits per heavy atom. The van der Waals surface area contributed by atoms with E-state index in [1.165, 1.54) is 0 Å². The van der Waals surface area contributed by atoms with Crippen LogP contribution in [-0.2, 0) is 25.6 Å². The first-order valence-corrected chi connectivity index (χ1v) is 12.0. The van der Waals surface area contributed by atoms with Gasteiger partial charge in [-0.05, 0) is 30.6 Å². The van der Waals surface area contributed by atoms with Crippen LogP contribution in [0.15, 0.2) is 30.3 Å². The number of rotatable bonds is 7. The number of hydrogen-bond acceptors (Lipinski definition) is 7. The molecule has 0 aliphatic carbocycles. The zero-order valence-corrected chi connectivity index (χ0v) is 19.6. The summed E-state index contributed by atoms with van der Waals surface area (Å²) < 4.78 is 16.1. The molecule has 3 heterocycles. The normalized spacial score (nSPS) is 22.2. The minimum atomic E-state index is -0.698. The van der Waals surface area contributed by atoms with Crippen molar-refractivity contribution >= 4 is 29.4 Å². The second-order valence-corrected chi connectivity index (χ2v) is 8.88. The van der Waals surface area contributed by atoms with Crippen molar-refractivity contribution in [3.63, 3.8) is 0 Å². The van der Waals surface area contributed by atoms with E-state index in [9.17, 15) is 9.59 Å². The second kappa shape index (κ2) is 11.6. The fourth-order valence-electron chi connectivity index (χ4n) is 4.45. The lowest BCUT2D eigenvalue weighted by molar-refractivity contribution is -0.150. The summed E-state index contributed by atoms with van der Waals surface area (Å²) >= 11 is 5.58. The predicted octanol–water partition coefficient (Wildman–Crippen LogP) is 1.22. The van der Waals surface area contributed by atoms with Crippen LogP contribution in [0.4, 0.5) is 4.79 Å². The lowest BCUT2D eigenvalue weighted by Gasteiger charge is -2.38. The molecule has 1 N–H and O–H groups in total. The molecule has 1 aromatic carbocycles. The quantitative estimate of drug-likeness (QED) is 0.461. The monoisotopic (exact) mass is 476 g/mol. The molecular weight excluding hydrogens is 444 g/mol. The van der Waals surface area contributed by atoms with Gasteiger partial charge in [0.15, 0.2) is 11.2 Å². The van der Waals surface area contributed by atoms with Crippen molar-refractivity contribution in [1.29, 1.82) is 0 Å². The molecule has 3 aliphatic rings. The van der Waals surface area contributed by atoms with Crippen LogP contribution in [0.1, 0.15) is 18.4 Å². The van der Waals surface area contributed by atoms with E-state index in [1.54, 1.807) is 4.90 Å². The molecule has 4 rings (SSSR count). The molecule has 0 saturated carbocycles. The Morgan fingerprint density at radius 2 is 1.85 bits per heavy atom. The van der Waals surface area contributed by atoms with Gasteiger partial charge < -0.3 is 24.4 Å². The summed E-state index contributed by atoms with van der Waals surface area (Å²) in [7, 11) is 0. The predicted molar refractivity (Wildman–Crippen MR) is 126 cm³/mol. The highest BCUT2D eigenvalue weighted by Crippen LogP contribution is 2.25. The smallest absolute Gasteiger partial charge is 0.410 e. The van der Waals surface area contributed by atoms with Crippen LogP contribution in [0.2, 0.25) is 0 Å². The third kappa shape index (κ3) is 6.33. The summed E-state index contributed by atoms with van der Waals surface area (Å²) in [5.41, 5.74) is 0.908. The first-order valence-electron chi connectivity index (χ1n) is 11.6. The number of carbonyl (C=O) groups is 2. The highest BCUT2D eigenvalue weighted by Gasteiger charge is 2.44. The SMILES string of the molecule is O=C(OCc1ccccc1)C1COC(=O)N1C1CCN(C(=S)NCCN2CCOCC2)CC1. The van der Waals surface area contributed by atoms with Crippen LogP contribution in [0.3, 0.4) is 0 Å². The van der Waals surface area contributed by atoms with Crippen molar-refractivity contribution in [2.45, 2.75) is 31.5 Å². The van der Waals surface area contributed by atoms with Crippen molar-refractivity contribution in [3.8, 4) is 0 Å². The Bertz CT molecular complexity index is 812. The summed E-state index contributed by atoms with van der Waals surface area (Å²) in [6.07, 6.45) is 1.01. The fourth-order valence-corrected chi connectivity index (χ4v) is 4.73. The number of morpholine rings is 1. The average Bonchev–Trinajstić information content (AvgIpc) is 3.25. The van der Waals surface area contributed by atoms with Gasteiger partial charge in [-0.25, -0.2) is 9.59 Å². The standard InChI is InChI=1S/C23H32N4O5S/c28-21(31-16-18-4-2-1-3-5-18)20-17-32-23(29)27(20)19-6-9-26(10-7-19)22(33)24-8-11-25-12-14-30-15-13-25/h1-5,19-20H,6-17H2,(H,24,33). The van der Waals surface area contributed by atoms with E-state index in [2.05, 4.69) is 15.1 Å². The summed E-state index contributed by atoms with van der Waals surface area (Å²) in [5.74, 6) is -0.424. The lowest BCUT2D eigenvalue weighted by Crippen LogP contribution is -2.53. The number of piperidine rings is 1. The number of cyclic esters (lactones) is 1. The number of hydrogen-bond donors (Lipinski definition) is 1. The number of likely N-dealkylation sites (tertiary alicyclic amines) is 1. The van der Waals surface area contributed by atoms with E-state index in [0.717, 1.165) is 76.0 Å². The molecule has 0 bridgehead atoms. The van der Waals surface area contributed by atoms with Gasteiger partial charge in [-0.2, -0.15) is 0 Å². The molecule has 1 amide bonds. The van der Waals surface area contributed by atoms with Gasteiger partial charge in [0.25, 0.3) is 0 Å². The summed E-state index contributed by atoms with van der Waals surface area (Å²) in [4.78, 5) is 31.2. The third-order valence-corrected chi connectivity index (χ3v) is 6.76. The summed E-state index contributed by atoms with van der Waals surface area (Å²) in [5, 5.41) is 4.09. The number of esters is 1. The number of nitrogens with one attached hydrogen (secondary N) is 1. The molecule has 1 unspecified atom stereocenters. The average molecular weight is 477 g/mol. The maximum Gasteiger partial charge on any atom is 0.410 e. The van der Waals surface area contributed by atoms with Gasteiger partial charge in [-0.3, -0.25) is 9.80 Å². The van der Waals surface area contributed by atoms with Crippen molar-refractivity contribution < 1.29 is 23.8 Å². The van der Waals surface area contributed by atoms with Crippen LogP contribution in [0.25, 0.3) is 0 Å². The van der Waals surface area contributed by atoms with Gasteiger partial charge in [-0.1, -0.05) is 30.3 Å². The van der Waals surface area contributed by atoms with Crippen LogP contribution >= 0.6 is 12.2 Å². The molecular formula is C23H32N4O5S. The fraction of sp³-hybridized carbons (Fsp3) is 0.609. The zero-order valence-electron chi connectivity index (χ0n) is 18.8. The zero-order chi connectivity index (χ0) is 23.0. The van der Waals surface area contributed by atoms with Crippen LogP contribution in [0.5, 0.6) is 0 Å². The number of thiocarbonyl (C=S) groups is 1. The van der Waals surface area contributed by atoms with Gasteiger partial charge in [-0.15, -0.1) is 0 Å². The number of carbonyl (C=O) groups excluding carboxylic acids is 2. The van der Waals surface area contributed by atoms with E-state index < -0.39 is 18.1 Å². The number of ether oxygens (including phenoxy) is 3. The molecule has 3 saturated heterocycles. The van der Waals surface area contributed by atoms with Crippen molar-refractivity contribution in [2.75, 3.05) is 59.1 Å². The maximum absolute atomic E-state index is 12.7. The first-order chi connectivity index (χ1) is 16.1. The first kappa shape index (κ1) is 23.7. The molecule has 0 radical (unpaired) electrons. The van der Waals surface area contributed by atoms with Crippen molar-refractivity contribution in [3.05, 3.63) is 35.9 Å². The Kier molecular flexibility index (Phi) is 8.35. The molecule has 3 fully saturated rings. The molecule has 1 atom stereocenters. The van der Waals surface area contributed by atoms with Crippen LogP contribution < -0.4 is 5.32 Å². The molecule has 10 heteroatoms. The largest absolute Gasteiger partial charge is 0.459 e. The highest BCUT2D eigenvalue weighted by atomic mass is 32.1. The number of benzene rings is 1. The Balaban J connectivity index is 1.22. The van der Waals surface area contributed by atoms with Crippen LogP contribution in [-0.4, -0.2) is 103 Å². The van der Waals surface area contributed by atoms with E-state index in [0.29, 0.717) is 0 Å². The lowest BCUT2D eigenvalue weighted by atomic mass is 10.0. The van der Waals surface area contributed by atoms with Gasteiger partial charge in [0.2, 0.25) is 0 Å². The molecule has 1 aromatic rings. The molecule has 0 spiro atoms. The van der Waals surface area contributed by atoms with Gasteiger partial charge in [0.1, 0.15) is 13.2 Å². The van der Waals surface area contributed by atoms with Crippen molar-refractivity contribution in [1.82, 2.24) is 20.0 Å². The van der Waals surface area contributed by atoms with Gasteiger partial charge in [0.05, 0.1) is 13.2 Å². The Morgan fingerprint density at radius 3 is 2.58 bits per heavy atom. The molecule has 9 nitrogen and oxygen atoms in total. The topological polar surface area (TPSA) is 83.6 Å². The Hall–Kier alpha value is -2.43. The van der Waals surface area contributed by atoms with E-state index in [-0.39, 0.29) is 19.3 Å². The molecule has 0 aromatic heterocycles. The van der Waals surface area contributed by atoms with Crippen molar-refractivity contribution in [2.24, 2.45) is 0 Å². The van der Waals surface area contributed by atoms with E-state index in [4.69, 9.17) is 26.4 Å². The van der Waals surface area contributed by atoms with Gasteiger partial charge in [0, 0.05) is 45.3 Å². The summed E-state index contributed by atoms with van der Waals surface area (Å²) in [6, 6.07) is 8.73. The number of amides is 1. The highest BCUT2D eigenvalue weighted by molar-refractivity contribution is 7.80. The minimum Gasteiger partial charge on any atom is -0.459 e. The van der Waals surface area contributed by atoms with Crippen LogP contribution in [0, 0.1) is 0 Å². The van der Waals surface area contributed by atoms with E-state index in [1.807, 2.05) is 30.3 Å². The molecule has 33 heavy (non-hydrogen) atoms. The number of nitrogens with zero attached hydrogens (tertiary/aromatic N) is 3. The minimum absolute atomic E-state index is 0.0359. The Labute approximate surface area is 199 Å².